The molecule has 3 unspecified atom stereocenters. The third-order valence-corrected chi connectivity index (χ3v) is 5.65. The van der Waals surface area contributed by atoms with Crippen LogP contribution in [0.3, 0.4) is 0 Å². The van der Waals surface area contributed by atoms with Crippen molar-refractivity contribution >= 4 is 17.3 Å². The molecule has 2 bridgehead atoms. The molecule has 0 heterocycles. The second kappa shape index (κ2) is 5.95. The molecule has 2 aliphatic carbocycles. The summed E-state index contributed by atoms with van der Waals surface area (Å²) in [6.45, 7) is 1.82. The molecule has 3 heteroatoms. The molecule has 2 N–H and O–H groups in total. The maximum Gasteiger partial charge on any atom is 0.0459 e. The number of rotatable bonds is 5. The van der Waals surface area contributed by atoms with E-state index in [1.807, 2.05) is 6.07 Å². The van der Waals surface area contributed by atoms with E-state index in [1.165, 1.54) is 43.5 Å². The maximum atomic E-state index is 6.35. The number of anilines is 1. The Labute approximate surface area is 127 Å². The number of benzene rings is 1. The Morgan fingerprint density at radius 1 is 1.30 bits per heavy atom. The van der Waals surface area contributed by atoms with E-state index in [9.17, 15) is 0 Å². The van der Waals surface area contributed by atoms with Gasteiger partial charge in [0.05, 0.1) is 0 Å². The van der Waals surface area contributed by atoms with Gasteiger partial charge in [-0.05, 0) is 67.7 Å². The third-order valence-electron chi connectivity index (χ3n) is 5.29. The van der Waals surface area contributed by atoms with Gasteiger partial charge in [-0.3, -0.25) is 0 Å². The molecule has 2 aliphatic rings. The predicted octanol–water partition coefficient (Wildman–Crippen LogP) is 3.71. The monoisotopic (exact) mass is 292 g/mol. The van der Waals surface area contributed by atoms with Crippen LogP contribution in [0.4, 0.5) is 5.69 Å². The Morgan fingerprint density at radius 2 is 2.15 bits per heavy atom. The molecule has 20 heavy (non-hydrogen) atoms. The standard InChI is InChI=1S/C17H25ClN2/c1-20(11-14-10-12-5-6-13(14)9-12)17-4-2-3-16(18)15(17)7-8-19/h2-4,12-14H,5-11,19H2,1H3. The van der Waals surface area contributed by atoms with Crippen molar-refractivity contribution in [3.63, 3.8) is 0 Å². The van der Waals surface area contributed by atoms with Crippen LogP contribution < -0.4 is 10.6 Å². The van der Waals surface area contributed by atoms with Crippen molar-refractivity contribution in [3.05, 3.63) is 28.8 Å². The van der Waals surface area contributed by atoms with Crippen LogP contribution in [0.5, 0.6) is 0 Å². The first kappa shape index (κ1) is 14.2. The fourth-order valence-electron chi connectivity index (χ4n) is 4.35. The molecule has 0 radical (unpaired) electrons. The number of fused-ring (bicyclic) bond motifs is 2. The minimum Gasteiger partial charge on any atom is -0.374 e. The van der Waals surface area contributed by atoms with Crippen LogP contribution >= 0.6 is 11.6 Å². The quantitative estimate of drug-likeness (QED) is 0.896. The van der Waals surface area contributed by atoms with Crippen LogP contribution in [-0.2, 0) is 6.42 Å². The molecule has 1 aromatic rings. The van der Waals surface area contributed by atoms with Gasteiger partial charge < -0.3 is 10.6 Å². The highest BCUT2D eigenvalue weighted by Gasteiger charge is 2.39. The van der Waals surface area contributed by atoms with Gasteiger partial charge in [0.15, 0.2) is 0 Å². The second-order valence-electron chi connectivity index (χ2n) is 6.59. The fraction of sp³-hybridized carbons (Fsp3) is 0.647. The van der Waals surface area contributed by atoms with Crippen LogP contribution in [0.1, 0.15) is 31.2 Å². The first-order valence-corrected chi connectivity index (χ1v) is 8.25. The molecular weight excluding hydrogens is 268 g/mol. The second-order valence-corrected chi connectivity index (χ2v) is 7.00. The highest BCUT2D eigenvalue weighted by molar-refractivity contribution is 6.31. The summed E-state index contributed by atoms with van der Waals surface area (Å²) < 4.78 is 0. The first-order chi connectivity index (χ1) is 9.69. The van der Waals surface area contributed by atoms with Crippen LogP contribution in [0.15, 0.2) is 18.2 Å². The Hall–Kier alpha value is -0.730. The van der Waals surface area contributed by atoms with Gasteiger partial charge in [0.25, 0.3) is 0 Å². The molecule has 2 nitrogen and oxygen atoms in total. The molecule has 0 spiro atoms. The molecule has 110 valence electrons. The summed E-state index contributed by atoms with van der Waals surface area (Å²) in [6.07, 6.45) is 6.69. The molecule has 3 rings (SSSR count). The smallest absolute Gasteiger partial charge is 0.0459 e. The van der Waals surface area contributed by atoms with Crippen molar-refractivity contribution in [1.82, 2.24) is 0 Å². The SMILES string of the molecule is CN(CC1CC2CCC1C2)c1cccc(Cl)c1CCN. The van der Waals surface area contributed by atoms with Crippen molar-refractivity contribution in [2.24, 2.45) is 23.5 Å². The lowest BCUT2D eigenvalue weighted by Gasteiger charge is -2.30. The summed E-state index contributed by atoms with van der Waals surface area (Å²) in [4.78, 5) is 2.41. The molecule has 0 aromatic heterocycles. The van der Waals surface area contributed by atoms with Gasteiger partial charge in [-0.25, -0.2) is 0 Å². The molecular formula is C17H25ClN2. The van der Waals surface area contributed by atoms with Crippen LogP contribution in [0.25, 0.3) is 0 Å². The topological polar surface area (TPSA) is 29.3 Å². The van der Waals surface area contributed by atoms with Crippen molar-refractivity contribution < 1.29 is 0 Å². The average molecular weight is 293 g/mol. The zero-order valence-electron chi connectivity index (χ0n) is 12.3. The molecule has 1 aromatic carbocycles. The number of hydrogen-bond acceptors (Lipinski definition) is 2. The highest BCUT2D eigenvalue weighted by atomic mass is 35.5. The van der Waals surface area contributed by atoms with E-state index in [-0.39, 0.29) is 0 Å². The lowest BCUT2D eigenvalue weighted by molar-refractivity contribution is 0.337. The molecule has 2 saturated carbocycles. The lowest BCUT2D eigenvalue weighted by atomic mass is 9.88. The minimum absolute atomic E-state index is 0.651. The van der Waals surface area contributed by atoms with E-state index in [0.29, 0.717) is 6.54 Å². The Kier molecular flexibility index (Phi) is 4.23. The van der Waals surface area contributed by atoms with Crippen molar-refractivity contribution in [3.8, 4) is 0 Å². The summed E-state index contributed by atoms with van der Waals surface area (Å²) in [7, 11) is 2.21. The largest absolute Gasteiger partial charge is 0.374 e. The van der Waals surface area contributed by atoms with E-state index in [2.05, 4.69) is 24.1 Å². The summed E-state index contributed by atoms with van der Waals surface area (Å²) in [6, 6.07) is 6.21. The van der Waals surface area contributed by atoms with Crippen LogP contribution in [0.2, 0.25) is 5.02 Å². The molecule has 0 saturated heterocycles. The number of hydrogen-bond donors (Lipinski definition) is 1. The Bertz CT molecular complexity index is 474. The lowest BCUT2D eigenvalue weighted by Crippen LogP contribution is -2.29. The zero-order chi connectivity index (χ0) is 14.1. The van der Waals surface area contributed by atoms with E-state index in [4.69, 9.17) is 17.3 Å². The van der Waals surface area contributed by atoms with Gasteiger partial charge in [0.2, 0.25) is 0 Å². The molecule has 0 amide bonds. The van der Waals surface area contributed by atoms with Gasteiger partial charge in [-0.15, -0.1) is 0 Å². The molecule has 2 fully saturated rings. The summed E-state index contributed by atoms with van der Waals surface area (Å²) in [5.74, 6) is 2.87. The Balaban J connectivity index is 1.73. The van der Waals surface area contributed by atoms with E-state index < -0.39 is 0 Å². The van der Waals surface area contributed by atoms with Crippen molar-refractivity contribution in [2.75, 3.05) is 25.0 Å². The summed E-state index contributed by atoms with van der Waals surface area (Å²) in [5, 5.41) is 0.854. The molecule has 0 aliphatic heterocycles. The first-order valence-electron chi connectivity index (χ1n) is 7.87. The van der Waals surface area contributed by atoms with Gasteiger partial charge in [-0.2, -0.15) is 0 Å². The highest BCUT2D eigenvalue weighted by Crippen LogP contribution is 2.48. The van der Waals surface area contributed by atoms with Crippen LogP contribution in [0, 0.1) is 17.8 Å². The van der Waals surface area contributed by atoms with Gasteiger partial charge in [0, 0.05) is 24.3 Å². The van der Waals surface area contributed by atoms with Crippen LogP contribution in [-0.4, -0.2) is 20.1 Å². The van der Waals surface area contributed by atoms with Crippen molar-refractivity contribution in [2.45, 2.75) is 32.1 Å². The summed E-state index contributed by atoms with van der Waals surface area (Å²) >= 11 is 6.35. The number of nitrogens with zero attached hydrogens (tertiary/aromatic N) is 1. The third kappa shape index (κ3) is 2.68. The van der Waals surface area contributed by atoms with E-state index >= 15 is 0 Å². The van der Waals surface area contributed by atoms with Gasteiger partial charge in [0.1, 0.15) is 0 Å². The van der Waals surface area contributed by atoms with Gasteiger partial charge >= 0.3 is 0 Å². The van der Waals surface area contributed by atoms with Crippen molar-refractivity contribution in [1.29, 1.82) is 0 Å². The molecule has 3 atom stereocenters. The van der Waals surface area contributed by atoms with Gasteiger partial charge in [-0.1, -0.05) is 24.1 Å². The maximum absolute atomic E-state index is 6.35. The van der Waals surface area contributed by atoms with E-state index in [1.54, 1.807) is 0 Å². The normalized spacial score (nSPS) is 28.1. The number of nitrogens with two attached hydrogens (primary N) is 1. The zero-order valence-corrected chi connectivity index (χ0v) is 13.1. The number of halogens is 1. The minimum atomic E-state index is 0.651. The Morgan fingerprint density at radius 3 is 2.80 bits per heavy atom. The predicted molar refractivity (Wildman–Crippen MR) is 86.4 cm³/mol. The summed E-state index contributed by atoms with van der Waals surface area (Å²) in [5.41, 5.74) is 8.21. The van der Waals surface area contributed by atoms with E-state index in [0.717, 1.165) is 29.2 Å². The fourth-order valence-corrected chi connectivity index (χ4v) is 4.61. The average Bonchev–Trinajstić information content (AvgIpc) is 3.03.